The zero-order chi connectivity index (χ0) is 17.4. The molecule has 1 amide bonds. The van der Waals surface area contributed by atoms with E-state index in [4.69, 9.17) is 10.5 Å². The molecule has 0 aliphatic heterocycles. The fraction of sp³-hybridized carbons (Fsp3) is 0.118. The summed E-state index contributed by atoms with van der Waals surface area (Å²) < 4.78 is 5.63. The van der Waals surface area contributed by atoms with Crippen LogP contribution in [0.5, 0.6) is 5.75 Å². The molecule has 124 valence electrons. The average molecular weight is 328 g/mol. The molecular weight excluding hydrogens is 312 g/mol. The summed E-state index contributed by atoms with van der Waals surface area (Å²) in [6.45, 7) is 0.335. The van der Waals surface area contributed by atoms with Gasteiger partial charge in [-0.05, 0) is 17.7 Å². The minimum Gasteiger partial charge on any atom is -0.492 e. The SMILES string of the molecule is NC(=O)c1c(NOC(=O)C=O)cccc1OCCc1ccccc1. The van der Waals surface area contributed by atoms with Crippen LogP contribution in [-0.4, -0.2) is 24.8 Å². The molecule has 0 aromatic heterocycles. The summed E-state index contributed by atoms with van der Waals surface area (Å²) >= 11 is 0. The standard InChI is InChI=1S/C17H16N2O5/c18-17(22)16-13(19-24-15(21)11-20)7-4-8-14(16)23-10-9-12-5-2-1-3-6-12/h1-8,11,19H,9-10H2,(H2,18,22). The van der Waals surface area contributed by atoms with Gasteiger partial charge in [-0.1, -0.05) is 36.4 Å². The first-order chi connectivity index (χ1) is 11.6. The molecule has 2 aromatic rings. The predicted octanol–water partition coefficient (Wildman–Crippen LogP) is 1.48. The van der Waals surface area contributed by atoms with Crippen molar-refractivity contribution in [3.63, 3.8) is 0 Å². The van der Waals surface area contributed by atoms with Gasteiger partial charge in [0.1, 0.15) is 11.3 Å². The highest BCUT2D eigenvalue weighted by Gasteiger charge is 2.16. The van der Waals surface area contributed by atoms with E-state index in [0.717, 1.165) is 5.56 Å². The highest BCUT2D eigenvalue weighted by atomic mass is 16.7. The molecule has 0 radical (unpaired) electrons. The number of primary amides is 1. The molecule has 0 atom stereocenters. The molecule has 24 heavy (non-hydrogen) atoms. The predicted molar refractivity (Wildman–Crippen MR) is 86.4 cm³/mol. The number of carbonyl (C=O) groups excluding carboxylic acids is 3. The number of nitrogens with two attached hydrogens (primary N) is 1. The number of hydrogen-bond acceptors (Lipinski definition) is 6. The number of benzene rings is 2. The topological polar surface area (TPSA) is 108 Å². The van der Waals surface area contributed by atoms with Crippen molar-refractivity contribution in [2.45, 2.75) is 6.42 Å². The molecule has 2 rings (SSSR count). The van der Waals surface area contributed by atoms with Crippen LogP contribution in [0.3, 0.4) is 0 Å². The molecule has 0 spiro atoms. The van der Waals surface area contributed by atoms with Gasteiger partial charge < -0.3 is 15.3 Å². The molecule has 2 aromatic carbocycles. The van der Waals surface area contributed by atoms with E-state index in [1.807, 2.05) is 30.3 Å². The van der Waals surface area contributed by atoms with E-state index in [1.54, 1.807) is 12.1 Å². The van der Waals surface area contributed by atoms with Crippen molar-refractivity contribution < 1.29 is 24.0 Å². The summed E-state index contributed by atoms with van der Waals surface area (Å²) in [5.74, 6) is -1.62. The number of amides is 1. The minimum atomic E-state index is -1.12. The highest BCUT2D eigenvalue weighted by Crippen LogP contribution is 2.26. The third kappa shape index (κ3) is 4.57. The Morgan fingerprint density at radius 2 is 1.83 bits per heavy atom. The fourth-order valence-electron chi connectivity index (χ4n) is 2.04. The summed E-state index contributed by atoms with van der Waals surface area (Å²) in [5, 5.41) is 0. The van der Waals surface area contributed by atoms with Crippen LogP contribution in [0.15, 0.2) is 48.5 Å². The number of ether oxygens (including phenoxy) is 1. The van der Waals surface area contributed by atoms with E-state index in [-0.39, 0.29) is 23.3 Å². The smallest absolute Gasteiger partial charge is 0.395 e. The molecule has 3 N–H and O–H groups in total. The van der Waals surface area contributed by atoms with Gasteiger partial charge in [0.2, 0.25) is 6.29 Å². The average Bonchev–Trinajstić information content (AvgIpc) is 2.60. The lowest BCUT2D eigenvalue weighted by atomic mass is 10.1. The van der Waals surface area contributed by atoms with E-state index in [9.17, 15) is 14.4 Å². The molecule has 7 heteroatoms. The largest absolute Gasteiger partial charge is 0.492 e. The molecule has 0 aliphatic carbocycles. The molecule has 0 saturated heterocycles. The van der Waals surface area contributed by atoms with Gasteiger partial charge in [0, 0.05) is 6.42 Å². The number of nitrogens with one attached hydrogen (secondary N) is 1. The Bertz CT molecular complexity index is 731. The lowest BCUT2D eigenvalue weighted by Crippen LogP contribution is -2.18. The molecule has 0 unspecified atom stereocenters. The van der Waals surface area contributed by atoms with Crippen molar-refractivity contribution in [1.82, 2.24) is 0 Å². The van der Waals surface area contributed by atoms with Gasteiger partial charge in [0.15, 0.2) is 0 Å². The zero-order valence-electron chi connectivity index (χ0n) is 12.7. The van der Waals surface area contributed by atoms with Crippen molar-refractivity contribution >= 4 is 23.9 Å². The number of anilines is 1. The van der Waals surface area contributed by atoms with Crippen LogP contribution in [0.25, 0.3) is 0 Å². The first-order valence-corrected chi connectivity index (χ1v) is 7.13. The van der Waals surface area contributed by atoms with Crippen LogP contribution in [0.1, 0.15) is 15.9 Å². The van der Waals surface area contributed by atoms with Gasteiger partial charge in [-0.25, -0.2) is 10.3 Å². The normalized spacial score (nSPS) is 9.83. The second-order valence-electron chi connectivity index (χ2n) is 4.77. The fourth-order valence-corrected chi connectivity index (χ4v) is 2.04. The van der Waals surface area contributed by atoms with E-state index in [1.165, 1.54) is 6.07 Å². The lowest BCUT2D eigenvalue weighted by Gasteiger charge is -2.14. The highest BCUT2D eigenvalue weighted by molar-refractivity contribution is 6.20. The lowest BCUT2D eigenvalue weighted by molar-refractivity contribution is -0.146. The maximum Gasteiger partial charge on any atom is 0.395 e. The van der Waals surface area contributed by atoms with Crippen LogP contribution in [0.2, 0.25) is 0 Å². The van der Waals surface area contributed by atoms with E-state index >= 15 is 0 Å². The van der Waals surface area contributed by atoms with Crippen LogP contribution in [0.4, 0.5) is 5.69 Å². The Morgan fingerprint density at radius 1 is 1.08 bits per heavy atom. The van der Waals surface area contributed by atoms with Gasteiger partial charge in [-0.3, -0.25) is 9.59 Å². The Kier molecular flexibility index (Phi) is 5.90. The molecular formula is C17H16N2O5. The Morgan fingerprint density at radius 3 is 2.50 bits per heavy atom. The van der Waals surface area contributed by atoms with Crippen molar-refractivity contribution in [3.8, 4) is 5.75 Å². The third-order valence-corrected chi connectivity index (χ3v) is 3.12. The summed E-state index contributed by atoms with van der Waals surface area (Å²) in [6.07, 6.45) is 0.647. The summed E-state index contributed by atoms with van der Waals surface area (Å²) in [7, 11) is 0. The number of aldehydes is 1. The van der Waals surface area contributed by atoms with Crippen molar-refractivity contribution in [2.24, 2.45) is 5.73 Å². The number of rotatable bonds is 8. The summed E-state index contributed by atoms with van der Waals surface area (Å²) in [4.78, 5) is 37.3. The molecule has 0 aliphatic rings. The number of carbonyl (C=O) groups is 3. The van der Waals surface area contributed by atoms with E-state index in [0.29, 0.717) is 13.0 Å². The quantitative estimate of drug-likeness (QED) is 0.432. The molecule has 0 bridgehead atoms. The van der Waals surface area contributed by atoms with Crippen LogP contribution in [0, 0.1) is 0 Å². The maximum absolute atomic E-state index is 11.7. The Hall–Kier alpha value is -3.35. The first-order valence-electron chi connectivity index (χ1n) is 7.13. The van der Waals surface area contributed by atoms with Crippen LogP contribution in [-0.2, 0) is 20.8 Å². The van der Waals surface area contributed by atoms with Gasteiger partial charge >= 0.3 is 5.97 Å². The molecule has 7 nitrogen and oxygen atoms in total. The van der Waals surface area contributed by atoms with Gasteiger partial charge in [-0.15, -0.1) is 0 Å². The monoisotopic (exact) mass is 328 g/mol. The Balaban J connectivity index is 2.09. The Labute approximate surface area is 138 Å². The first kappa shape index (κ1) is 17.0. The second-order valence-corrected chi connectivity index (χ2v) is 4.77. The minimum absolute atomic E-state index is 0.00283. The van der Waals surface area contributed by atoms with Crippen LogP contribution < -0.4 is 16.0 Å². The molecule has 0 saturated carbocycles. The second kappa shape index (κ2) is 8.33. The summed E-state index contributed by atoms with van der Waals surface area (Å²) in [6, 6.07) is 14.4. The zero-order valence-corrected chi connectivity index (χ0v) is 12.7. The molecule has 0 heterocycles. The maximum atomic E-state index is 11.7. The molecule has 0 fully saturated rings. The van der Waals surface area contributed by atoms with Gasteiger partial charge in [0.25, 0.3) is 5.91 Å². The van der Waals surface area contributed by atoms with E-state index in [2.05, 4.69) is 10.3 Å². The van der Waals surface area contributed by atoms with Crippen molar-refractivity contribution in [2.75, 3.05) is 12.1 Å². The van der Waals surface area contributed by atoms with Crippen LogP contribution >= 0.6 is 0 Å². The van der Waals surface area contributed by atoms with E-state index < -0.39 is 11.9 Å². The summed E-state index contributed by atoms with van der Waals surface area (Å²) in [5.41, 5.74) is 8.86. The van der Waals surface area contributed by atoms with Gasteiger partial charge in [0.05, 0.1) is 12.3 Å². The number of hydrogen-bond donors (Lipinski definition) is 2. The van der Waals surface area contributed by atoms with Crippen molar-refractivity contribution in [1.29, 1.82) is 0 Å². The van der Waals surface area contributed by atoms with Crippen molar-refractivity contribution in [3.05, 3.63) is 59.7 Å². The third-order valence-electron chi connectivity index (χ3n) is 3.12. The van der Waals surface area contributed by atoms with Gasteiger partial charge in [-0.2, -0.15) is 0 Å².